The van der Waals surface area contributed by atoms with Crippen molar-refractivity contribution in [1.82, 2.24) is 5.32 Å². The van der Waals surface area contributed by atoms with E-state index in [9.17, 15) is 0 Å². The van der Waals surface area contributed by atoms with Gasteiger partial charge in [0.25, 0.3) is 0 Å². The molecule has 1 aromatic carbocycles. The highest BCUT2D eigenvalue weighted by Gasteiger charge is 2.23. The Bertz CT molecular complexity index is 596. The van der Waals surface area contributed by atoms with Gasteiger partial charge in [0.15, 0.2) is 0 Å². The second-order valence-electron chi connectivity index (χ2n) is 6.02. The van der Waals surface area contributed by atoms with Gasteiger partial charge in [-0.05, 0) is 38.2 Å². The van der Waals surface area contributed by atoms with Gasteiger partial charge in [0.2, 0.25) is 0 Å². The number of ether oxygens (including phenoxy) is 1. The maximum absolute atomic E-state index is 6.02. The van der Waals surface area contributed by atoms with E-state index >= 15 is 0 Å². The van der Waals surface area contributed by atoms with Crippen LogP contribution in [-0.4, -0.2) is 12.1 Å². The van der Waals surface area contributed by atoms with E-state index in [2.05, 4.69) is 17.4 Å². The fourth-order valence-corrected chi connectivity index (χ4v) is 2.71. The number of furan rings is 1. The van der Waals surface area contributed by atoms with E-state index in [0.29, 0.717) is 18.8 Å². The SMILES string of the molecule is c1ccc2c(COC3CCC3)c(CNC3CC3)oc2c1. The van der Waals surface area contributed by atoms with Crippen molar-refractivity contribution < 1.29 is 9.15 Å². The molecule has 0 saturated heterocycles. The van der Waals surface area contributed by atoms with Crippen LogP contribution in [0.2, 0.25) is 0 Å². The molecule has 0 atom stereocenters. The number of hydrogen-bond acceptors (Lipinski definition) is 3. The Hall–Kier alpha value is -1.32. The van der Waals surface area contributed by atoms with Gasteiger partial charge in [-0.2, -0.15) is 0 Å². The van der Waals surface area contributed by atoms with Crippen LogP contribution in [0.15, 0.2) is 28.7 Å². The monoisotopic (exact) mass is 271 g/mol. The lowest BCUT2D eigenvalue weighted by Crippen LogP contribution is -2.22. The molecule has 20 heavy (non-hydrogen) atoms. The molecule has 1 heterocycles. The fraction of sp³-hybridized carbons (Fsp3) is 0.529. The first-order chi connectivity index (χ1) is 9.90. The average molecular weight is 271 g/mol. The molecule has 1 N–H and O–H groups in total. The van der Waals surface area contributed by atoms with Crippen molar-refractivity contribution in [1.29, 1.82) is 0 Å². The summed E-state index contributed by atoms with van der Waals surface area (Å²) in [5, 5.41) is 4.75. The number of rotatable bonds is 6. The Morgan fingerprint density at radius 2 is 2.00 bits per heavy atom. The van der Waals surface area contributed by atoms with Crippen LogP contribution in [0, 0.1) is 0 Å². The summed E-state index contributed by atoms with van der Waals surface area (Å²) in [4.78, 5) is 0. The first-order valence-corrected chi connectivity index (χ1v) is 7.74. The van der Waals surface area contributed by atoms with Gasteiger partial charge in [-0.15, -0.1) is 0 Å². The summed E-state index contributed by atoms with van der Waals surface area (Å²) in [7, 11) is 0. The summed E-state index contributed by atoms with van der Waals surface area (Å²) in [6.07, 6.45) is 6.80. The fourth-order valence-electron chi connectivity index (χ4n) is 2.71. The average Bonchev–Trinajstić information content (AvgIpc) is 3.17. The van der Waals surface area contributed by atoms with Crippen molar-refractivity contribution in [3.8, 4) is 0 Å². The van der Waals surface area contributed by atoms with Gasteiger partial charge in [-0.1, -0.05) is 18.2 Å². The number of hydrogen-bond donors (Lipinski definition) is 1. The van der Waals surface area contributed by atoms with Gasteiger partial charge in [0.1, 0.15) is 11.3 Å². The maximum atomic E-state index is 6.02. The Kier molecular flexibility index (Phi) is 3.25. The lowest BCUT2D eigenvalue weighted by molar-refractivity contribution is -0.00881. The lowest BCUT2D eigenvalue weighted by atomic mass is 9.96. The molecule has 3 nitrogen and oxygen atoms in total. The van der Waals surface area contributed by atoms with Gasteiger partial charge in [-0.3, -0.25) is 0 Å². The zero-order valence-corrected chi connectivity index (χ0v) is 11.7. The zero-order valence-electron chi connectivity index (χ0n) is 11.7. The molecule has 0 amide bonds. The minimum atomic E-state index is 0.466. The van der Waals surface area contributed by atoms with Gasteiger partial charge < -0.3 is 14.5 Å². The van der Waals surface area contributed by atoms with E-state index < -0.39 is 0 Å². The first kappa shape index (κ1) is 12.4. The van der Waals surface area contributed by atoms with Crippen molar-refractivity contribution in [3.05, 3.63) is 35.6 Å². The van der Waals surface area contributed by atoms with Crippen molar-refractivity contribution in [3.63, 3.8) is 0 Å². The van der Waals surface area contributed by atoms with E-state index in [1.807, 2.05) is 12.1 Å². The van der Waals surface area contributed by atoms with Crippen molar-refractivity contribution >= 4 is 11.0 Å². The van der Waals surface area contributed by atoms with E-state index in [0.717, 1.165) is 17.9 Å². The summed E-state index contributed by atoms with van der Waals surface area (Å²) in [6.45, 7) is 1.51. The predicted octanol–water partition coefficient (Wildman–Crippen LogP) is 3.75. The molecule has 4 rings (SSSR count). The van der Waals surface area contributed by atoms with Crippen LogP contribution in [0.3, 0.4) is 0 Å². The molecule has 3 heteroatoms. The van der Waals surface area contributed by atoms with E-state index in [1.165, 1.54) is 43.1 Å². The molecular formula is C17H21NO2. The maximum Gasteiger partial charge on any atom is 0.134 e. The summed E-state index contributed by atoms with van der Waals surface area (Å²) >= 11 is 0. The minimum absolute atomic E-state index is 0.466. The van der Waals surface area contributed by atoms with Crippen LogP contribution in [-0.2, 0) is 17.9 Å². The largest absolute Gasteiger partial charge is 0.459 e. The highest BCUT2D eigenvalue weighted by Crippen LogP contribution is 2.30. The molecule has 2 aliphatic carbocycles. The third-order valence-electron chi connectivity index (χ3n) is 4.43. The molecule has 106 valence electrons. The van der Waals surface area contributed by atoms with Crippen LogP contribution in [0.4, 0.5) is 0 Å². The molecule has 2 aromatic rings. The standard InChI is InChI=1S/C17H21NO2/c1-2-7-16-14(6-1)15(11-19-13-4-3-5-13)17(20-16)10-18-12-8-9-12/h1-2,6-7,12-13,18H,3-5,8-11H2. The molecule has 0 spiro atoms. The van der Waals surface area contributed by atoms with Gasteiger partial charge in [0.05, 0.1) is 19.3 Å². The summed E-state index contributed by atoms with van der Waals surface area (Å²) in [6, 6.07) is 8.98. The highest BCUT2D eigenvalue weighted by atomic mass is 16.5. The predicted molar refractivity (Wildman–Crippen MR) is 78.5 cm³/mol. The number of para-hydroxylation sites is 1. The summed E-state index contributed by atoms with van der Waals surface area (Å²) in [5.74, 6) is 1.05. The second kappa shape index (κ2) is 5.23. The van der Waals surface area contributed by atoms with Crippen molar-refractivity contribution in [2.75, 3.05) is 0 Å². The van der Waals surface area contributed by atoms with Crippen LogP contribution in [0.5, 0.6) is 0 Å². The van der Waals surface area contributed by atoms with Crippen LogP contribution in [0.1, 0.15) is 43.4 Å². The third-order valence-corrected chi connectivity index (χ3v) is 4.43. The number of benzene rings is 1. The van der Waals surface area contributed by atoms with Crippen LogP contribution < -0.4 is 5.32 Å². The Morgan fingerprint density at radius 1 is 1.15 bits per heavy atom. The Labute approximate surface area is 119 Å². The van der Waals surface area contributed by atoms with Gasteiger partial charge >= 0.3 is 0 Å². The van der Waals surface area contributed by atoms with Crippen LogP contribution in [0.25, 0.3) is 11.0 Å². The molecule has 0 aliphatic heterocycles. The van der Waals surface area contributed by atoms with E-state index in [-0.39, 0.29) is 0 Å². The molecule has 1 aromatic heterocycles. The Balaban J connectivity index is 1.56. The summed E-state index contributed by atoms with van der Waals surface area (Å²) < 4.78 is 12.0. The molecule has 2 fully saturated rings. The molecule has 0 radical (unpaired) electrons. The summed E-state index contributed by atoms with van der Waals surface area (Å²) in [5.41, 5.74) is 2.22. The smallest absolute Gasteiger partial charge is 0.134 e. The molecule has 2 saturated carbocycles. The van der Waals surface area contributed by atoms with Gasteiger partial charge in [-0.25, -0.2) is 0 Å². The van der Waals surface area contributed by atoms with E-state index in [4.69, 9.17) is 9.15 Å². The Morgan fingerprint density at radius 3 is 2.75 bits per heavy atom. The van der Waals surface area contributed by atoms with Gasteiger partial charge in [0, 0.05) is 17.0 Å². The van der Waals surface area contributed by atoms with E-state index in [1.54, 1.807) is 0 Å². The van der Waals surface area contributed by atoms with Crippen molar-refractivity contribution in [2.24, 2.45) is 0 Å². The van der Waals surface area contributed by atoms with Crippen LogP contribution >= 0.6 is 0 Å². The molecule has 0 unspecified atom stereocenters. The lowest BCUT2D eigenvalue weighted by Gasteiger charge is -2.25. The third kappa shape index (κ3) is 2.48. The molecule has 0 bridgehead atoms. The number of fused-ring (bicyclic) bond motifs is 1. The normalized spacial score (nSPS) is 19.4. The highest BCUT2D eigenvalue weighted by molar-refractivity contribution is 5.82. The molecule has 2 aliphatic rings. The zero-order chi connectivity index (χ0) is 13.4. The topological polar surface area (TPSA) is 34.4 Å². The van der Waals surface area contributed by atoms with Crippen molar-refractivity contribution in [2.45, 2.75) is 57.4 Å². The first-order valence-electron chi connectivity index (χ1n) is 7.74. The molecular weight excluding hydrogens is 250 g/mol. The minimum Gasteiger partial charge on any atom is -0.459 e. The quantitative estimate of drug-likeness (QED) is 0.868. The second-order valence-corrected chi connectivity index (χ2v) is 6.02. The number of nitrogens with one attached hydrogen (secondary N) is 1.